The largest absolute Gasteiger partial charge is 0.338 e. The smallest absolute Gasteiger partial charge is 0.244 e. The van der Waals surface area contributed by atoms with Crippen LogP contribution in [0.1, 0.15) is 5.69 Å². The minimum atomic E-state index is -0.130. The SMILES string of the molecule is Cc1cc(NC(=O)C2CSCCN2)on1. The third-order valence-corrected chi connectivity index (χ3v) is 3.17. The fraction of sp³-hybridized carbons (Fsp3) is 0.556. The summed E-state index contributed by atoms with van der Waals surface area (Å²) in [7, 11) is 0. The molecule has 1 aromatic rings. The Labute approximate surface area is 92.0 Å². The first-order valence-corrected chi connectivity index (χ1v) is 5.96. The maximum atomic E-state index is 11.7. The first kappa shape index (κ1) is 10.5. The van der Waals surface area contributed by atoms with Crippen molar-refractivity contribution >= 4 is 23.6 Å². The molecule has 6 heteroatoms. The Kier molecular flexibility index (Phi) is 3.27. The molecule has 1 aromatic heterocycles. The number of anilines is 1. The highest BCUT2D eigenvalue weighted by Gasteiger charge is 2.21. The number of hydrogen-bond donors (Lipinski definition) is 2. The standard InChI is InChI=1S/C9H13N3O2S/c1-6-4-8(14-12-6)11-9(13)7-5-15-3-2-10-7/h4,7,10H,2-3,5H2,1H3,(H,11,13). The molecule has 1 aliphatic heterocycles. The molecule has 2 heterocycles. The summed E-state index contributed by atoms with van der Waals surface area (Å²) in [6.45, 7) is 2.69. The van der Waals surface area contributed by atoms with Gasteiger partial charge in [-0.05, 0) is 6.92 Å². The summed E-state index contributed by atoms with van der Waals surface area (Å²) in [5.74, 6) is 2.22. The molecule has 0 spiro atoms. The van der Waals surface area contributed by atoms with Crippen molar-refractivity contribution in [1.82, 2.24) is 10.5 Å². The molecule has 0 radical (unpaired) electrons. The lowest BCUT2D eigenvalue weighted by Gasteiger charge is -2.21. The van der Waals surface area contributed by atoms with Crippen LogP contribution < -0.4 is 10.6 Å². The van der Waals surface area contributed by atoms with E-state index in [1.165, 1.54) is 0 Å². The van der Waals surface area contributed by atoms with Crippen molar-refractivity contribution in [3.63, 3.8) is 0 Å². The molecule has 1 unspecified atom stereocenters. The predicted octanol–water partition coefficient (Wildman–Crippen LogP) is 0.627. The van der Waals surface area contributed by atoms with E-state index in [9.17, 15) is 4.79 Å². The van der Waals surface area contributed by atoms with Gasteiger partial charge in [-0.2, -0.15) is 11.8 Å². The third kappa shape index (κ3) is 2.73. The summed E-state index contributed by atoms with van der Waals surface area (Å²) in [6, 6.07) is 1.57. The second kappa shape index (κ2) is 4.67. The molecule has 0 bridgehead atoms. The minimum absolute atomic E-state index is 0.0571. The first-order chi connectivity index (χ1) is 7.25. The van der Waals surface area contributed by atoms with Crippen LogP contribution in [0.4, 0.5) is 5.88 Å². The van der Waals surface area contributed by atoms with Crippen LogP contribution in [0.15, 0.2) is 10.6 Å². The number of amides is 1. The van der Waals surface area contributed by atoms with E-state index in [4.69, 9.17) is 4.52 Å². The van der Waals surface area contributed by atoms with Crippen molar-refractivity contribution in [3.05, 3.63) is 11.8 Å². The highest BCUT2D eigenvalue weighted by molar-refractivity contribution is 7.99. The Morgan fingerprint density at radius 2 is 2.67 bits per heavy atom. The fourth-order valence-electron chi connectivity index (χ4n) is 1.36. The van der Waals surface area contributed by atoms with E-state index in [1.807, 2.05) is 6.92 Å². The lowest BCUT2D eigenvalue weighted by molar-refractivity contribution is -0.117. The zero-order valence-electron chi connectivity index (χ0n) is 8.45. The molecule has 82 valence electrons. The number of thioether (sulfide) groups is 1. The topological polar surface area (TPSA) is 67.2 Å². The van der Waals surface area contributed by atoms with E-state index in [-0.39, 0.29) is 11.9 Å². The Morgan fingerprint density at radius 3 is 3.27 bits per heavy atom. The molecule has 0 saturated carbocycles. The predicted molar refractivity (Wildman–Crippen MR) is 59.0 cm³/mol. The minimum Gasteiger partial charge on any atom is -0.338 e. The molecular formula is C9H13N3O2S. The van der Waals surface area contributed by atoms with Crippen molar-refractivity contribution in [3.8, 4) is 0 Å². The van der Waals surface area contributed by atoms with E-state index in [1.54, 1.807) is 17.8 Å². The number of hydrogen-bond acceptors (Lipinski definition) is 5. The van der Waals surface area contributed by atoms with E-state index in [0.717, 1.165) is 23.7 Å². The van der Waals surface area contributed by atoms with Gasteiger partial charge in [-0.25, -0.2) is 0 Å². The number of nitrogens with one attached hydrogen (secondary N) is 2. The van der Waals surface area contributed by atoms with Crippen LogP contribution in [0.5, 0.6) is 0 Å². The third-order valence-electron chi connectivity index (χ3n) is 2.11. The van der Waals surface area contributed by atoms with Gasteiger partial charge in [-0.3, -0.25) is 10.1 Å². The highest BCUT2D eigenvalue weighted by Crippen LogP contribution is 2.12. The number of rotatable bonds is 2. The monoisotopic (exact) mass is 227 g/mol. The Morgan fingerprint density at radius 1 is 1.80 bits per heavy atom. The molecule has 0 aliphatic carbocycles. The van der Waals surface area contributed by atoms with Gasteiger partial charge < -0.3 is 9.84 Å². The molecule has 0 aromatic carbocycles. The fourth-order valence-corrected chi connectivity index (χ4v) is 2.30. The lowest BCUT2D eigenvalue weighted by Crippen LogP contribution is -2.46. The number of nitrogens with zero attached hydrogens (tertiary/aromatic N) is 1. The number of carbonyl (C=O) groups is 1. The van der Waals surface area contributed by atoms with Crippen molar-refractivity contribution < 1.29 is 9.32 Å². The van der Waals surface area contributed by atoms with Crippen molar-refractivity contribution in [2.24, 2.45) is 0 Å². The summed E-state index contributed by atoms with van der Waals surface area (Å²) in [5, 5.41) is 9.54. The number of aromatic nitrogens is 1. The van der Waals surface area contributed by atoms with Crippen LogP contribution in [-0.2, 0) is 4.79 Å². The maximum absolute atomic E-state index is 11.7. The molecule has 2 N–H and O–H groups in total. The van der Waals surface area contributed by atoms with Gasteiger partial charge in [0, 0.05) is 24.1 Å². The van der Waals surface area contributed by atoms with E-state index < -0.39 is 0 Å². The van der Waals surface area contributed by atoms with Gasteiger partial charge in [0.05, 0.1) is 11.7 Å². The zero-order chi connectivity index (χ0) is 10.7. The maximum Gasteiger partial charge on any atom is 0.244 e. The number of aryl methyl sites for hydroxylation is 1. The molecule has 1 amide bonds. The summed E-state index contributed by atoms with van der Waals surface area (Å²) in [5.41, 5.74) is 0.760. The Balaban J connectivity index is 1.91. The van der Waals surface area contributed by atoms with Crippen LogP contribution in [0.3, 0.4) is 0 Å². The van der Waals surface area contributed by atoms with Crippen LogP contribution in [0.25, 0.3) is 0 Å². The zero-order valence-corrected chi connectivity index (χ0v) is 9.26. The molecule has 2 rings (SSSR count). The summed E-state index contributed by atoms with van der Waals surface area (Å²) >= 11 is 1.78. The van der Waals surface area contributed by atoms with Gasteiger partial charge in [0.25, 0.3) is 0 Å². The molecule has 1 atom stereocenters. The van der Waals surface area contributed by atoms with Gasteiger partial charge in [-0.15, -0.1) is 0 Å². The van der Waals surface area contributed by atoms with Crippen LogP contribution in [0.2, 0.25) is 0 Å². The van der Waals surface area contributed by atoms with E-state index in [0.29, 0.717) is 5.88 Å². The summed E-state index contributed by atoms with van der Waals surface area (Å²) in [4.78, 5) is 11.7. The van der Waals surface area contributed by atoms with Crippen molar-refractivity contribution in [2.45, 2.75) is 13.0 Å². The van der Waals surface area contributed by atoms with Crippen molar-refractivity contribution in [2.75, 3.05) is 23.4 Å². The number of carbonyl (C=O) groups excluding carboxylic acids is 1. The molecular weight excluding hydrogens is 214 g/mol. The summed E-state index contributed by atoms with van der Waals surface area (Å²) in [6.07, 6.45) is 0. The van der Waals surface area contributed by atoms with E-state index >= 15 is 0 Å². The van der Waals surface area contributed by atoms with Gasteiger partial charge in [0.2, 0.25) is 11.8 Å². The molecule has 1 saturated heterocycles. The van der Waals surface area contributed by atoms with Gasteiger partial charge in [-0.1, -0.05) is 5.16 Å². The quantitative estimate of drug-likeness (QED) is 0.775. The summed E-state index contributed by atoms with van der Waals surface area (Å²) < 4.78 is 4.91. The Bertz CT molecular complexity index is 347. The Hall–Kier alpha value is -1.01. The molecule has 5 nitrogen and oxygen atoms in total. The van der Waals surface area contributed by atoms with Gasteiger partial charge in [0.15, 0.2) is 0 Å². The average molecular weight is 227 g/mol. The van der Waals surface area contributed by atoms with Crippen molar-refractivity contribution in [1.29, 1.82) is 0 Å². The second-order valence-electron chi connectivity index (χ2n) is 3.40. The second-order valence-corrected chi connectivity index (χ2v) is 4.55. The molecule has 15 heavy (non-hydrogen) atoms. The lowest BCUT2D eigenvalue weighted by atomic mass is 10.3. The van der Waals surface area contributed by atoms with Gasteiger partial charge in [0.1, 0.15) is 0 Å². The van der Waals surface area contributed by atoms with Crippen LogP contribution in [-0.4, -0.2) is 35.2 Å². The first-order valence-electron chi connectivity index (χ1n) is 4.81. The molecule has 1 aliphatic rings. The van der Waals surface area contributed by atoms with Crippen LogP contribution >= 0.6 is 11.8 Å². The van der Waals surface area contributed by atoms with Crippen LogP contribution in [0, 0.1) is 6.92 Å². The normalized spacial score (nSPS) is 21.3. The molecule has 1 fully saturated rings. The highest BCUT2D eigenvalue weighted by atomic mass is 32.2. The van der Waals surface area contributed by atoms with E-state index in [2.05, 4.69) is 15.8 Å². The average Bonchev–Trinajstić information content (AvgIpc) is 2.65. The van der Waals surface area contributed by atoms with Gasteiger partial charge >= 0.3 is 0 Å².